The summed E-state index contributed by atoms with van der Waals surface area (Å²) in [7, 11) is -2.06. The fourth-order valence-corrected chi connectivity index (χ4v) is 16.0. The molecule has 13 aromatic rings. The van der Waals surface area contributed by atoms with Crippen LogP contribution in [0.1, 0.15) is 20.7 Å². The van der Waals surface area contributed by atoms with Crippen LogP contribution in [0.2, 0.25) is 0 Å². The zero-order valence-electron chi connectivity index (χ0n) is 42.4. The predicted octanol–water partition coefficient (Wildman–Crippen LogP) is 15.7. The smallest absolute Gasteiger partial charge is 0.255 e. The maximum Gasteiger partial charge on any atom is 0.255 e. The Balaban J connectivity index is 0.880. The standard InChI is InChI=1S/C72H50N2O2P2/c75-71(73-63-45-41-49-21-13-17-33-59(49)67(63)69-61-35-19-15-23-51(61)43-47-65(69)77(55-25-5-1-6-26-55)56-27-7-2-8-28-56)53-37-39-54(40-38-53)72(76)74-64-46-42-50-22-14-18-34-60(50)68(64)70-62-36-20-16-24-52(62)44-48-66(70)78(57-29-9-3-10-30-57)58-31-11-4-12-32-58/h1-48H,(H,73,75)(H,74,76). The first-order chi connectivity index (χ1) is 38.6. The lowest BCUT2D eigenvalue weighted by molar-refractivity contribution is 0.101. The SMILES string of the molecule is O=C(Nc1ccc2ccccc2c1-c1c(P(c2ccccc2)c2ccccc2)ccc2ccccc12)c1ccc(C(=O)Nc2ccc3ccccc3c2-c2c(P(c3ccccc3)c3ccccc3)ccc3ccccc23)cc1. The number of hydrogen-bond acceptors (Lipinski definition) is 2. The number of rotatable bonds is 12. The predicted molar refractivity (Wildman–Crippen MR) is 334 cm³/mol. The molecule has 0 atom stereocenters. The van der Waals surface area contributed by atoms with Crippen LogP contribution in [0.25, 0.3) is 65.3 Å². The Kier molecular flexibility index (Phi) is 13.3. The maximum absolute atomic E-state index is 14.8. The van der Waals surface area contributed by atoms with E-state index in [-0.39, 0.29) is 11.8 Å². The number of amides is 2. The molecular weight excluding hydrogens is 987 g/mol. The normalized spacial score (nSPS) is 11.4. The number of fused-ring (bicyclic) bond motifs is 4. The average molecular weight is 1040 g/mol. The van der Waals surface area contributed by atoms with Crippen molar-refractivity contribution in [2.75, 3.05) is 10.6 Å². The summed E-state index contributed by atoms with van der Waals surface area (Å²) in [4.78, 5) is 29.5. The molecule has 0 aliphatic heterocycles. The van der Waals surface area contributed by atoms with Gasteiger partial charge in [0.25, 0.3) is 11.8 Å². The fourth-order valence-electron chi connectivity index (χ4n) is 11.0. The van der Waals surface area contributed by atoms with Crippen molar-refractivity contribution >= 4 is 114 Å². The van der Waals surface area contributed by atoms with E-state index in [9.17, 15) is 9.59 Å². The van der Waals surface area contributed by atoms with Crippen molar-refractivity contribution in [1.29, 1.82) is 0 Å². The first kappa shape index (κ1) is 48.3. The average Bonchev–Trinajstić information content (AvgIpc) is 3.67. The van der Waals surface area contributed by atoms with E-state index < -0.39 is 15.8 Å². The molecule has 0 aromatic heterocycles. The molecule has 0 fully saturated rings. The van der Waals surface area contributed by atoms with Crippen LogP contribution < -0.4 is 42.5 Å². The topological polar surface area (TPSA) is 58.2 Å². The summed E-state index contributed by atoms with van der Waals surface area (Å²) in [6.07, 6.45) is 0. The van der Waals surface area contributed by atoms with Crippen LogP contribution in [0, 0.1) is 0 Å². The molecule has 0 spiro atoms. The molecule has 0 saturated heterocycles. The van der Waals surface area contributed by atoms with Gasteiger partial charge >= 0.3 is 0 Å². The van der Waals surface area contributed by atoms with Gasteiger partial charge in [-0.1, -0.05) is 255 Å². The molecule has 78 heavy (non-hydrogen) atoms. The Labute approximate surface area is 456 Å². The summed E-state index contributed by atoms with van der Waals surface area (Å²) in [6, 6.07) is 101. The van der Waals surface area contributed by atoms with Crippen LogP contribution in [0.4, 0.5) is 11.4 Å². The molecular formula is C72H50N2O2P2. The number of hydrogen-bond donors (Lipinski definition) is 2. The first-order valence-corrected chi connectivity index (χ1v) is 28.8. The summed E-state index contributed by atoms with van der Waals surface area (Å²) in [5.41, 5.74) is 6.37. The zero-order valence-corrected chi connectivity index (χ0v) is 44.2. The van der Waals surface area contributed by atoms with E-state index in [1.165, 1.54) is 31.8 Å². The van der Waals surface area contributed by atoms with E-state index in [0.717, 1.165) is 65.3 Å². The second kappa shape index (κ2) is 21.4. The van der Waals surface area contributed by atoms with E-state index in [1.54, 1.807) is 24.3 Å². The maximum atomic E-state index is 14.8. The third-order valence-electron chi connectivity index (χ3n) is 14.6. The molecule has 2 amide bonds. The Morgan fingerprint density at radius 2 is 0.500 bits per heavy atom. The van der Waals surface area contributed by atoms with E-state index >= 15 is 0 Å². The molecule has 0 bridgehead atoms. The molecule has 0 aliphatic rings. The Morgan fingerprint density at radius 3 is 0.808 bits per heavy atom. The molecule has 4 nitrogen and oxygen atoms in total. The molecule has 0 aliphatic carbocycles. The largest absolute Gasteiger partial charge is 0.321 e. The van der Waals surface area contributed by atoms with Crippen molar-refractivity contribution in [2.24, 2.45) is 0 Å². The van der Waals surface area contributed by atoms with Crippen molar-refractivity contribution in [3.8, 4) is 22.3 Å². The quantitative estimate of drug-likeness (QED) is 0.120. The molecule has 13 rings (SSSR count). The number of carbonyl (C=O) groups excluding carboxylic acids is 2. The van der Waals surface area contributed by atoms with Crippen LogP contribution in [0.3, 0.4) is 0 Å². The second-order valence-corrected chi connectivity index (χ2v) is 23.6. The number of nitrogens with one attached hydrogen (secondary N) is 2. The van der Waals surface area contributed by atoms with Gasteiger partial charge in [0.15, 0.2) is 0 Å². The van der Waals surface area contributed by atoms with Gasteiger partial charge in [0, 0.05) is 44.8 Å². The molecule has 13 aromatic carbocycles. The van der Waals surface area contributed by atoms with Crippen molar-refractivity contribution in [1.82, 2.24) is 0 Å². The summed E-state index contributed by atoms with van der Waals surface area (Å²) in [6.45, 7) is 0. The highest BCUT2D eigenvalue weighted by molar-refractivity contribution is 7.80. The molecule has 370 valence electrons. The van der Waals surface area contributed by atoms with Gasteiger partial charge in [-0.3, -0.25) is 9.59 Å². The van der Waals surface area contributed by atoms with Crippen LogP contribution in [-0.2, 0) is 0 Å². The highest BCUT2D eigenvalue weighted by Crippen LogP contribution is 2.47. The fraction of sp³-hybridized carbons (Fsp3) is 0. The van der Waals surface area contributed by atoms with Crippen molar-refractivity contribution in [3.05, 3.63) is 302 Å². The van der Waals surface area contributed by atoms with Crippen molar-refractivity contribution < 1.29 is 9.59 Å². The Hall–Kier alpha value is -9.30. The Bertz CT molecular complexity index is 4000. The van der Waals surface area contributed by atoms with E-state index in [2.05, 4.69) is 265 Å². The minimum Gasteiger partial charge on any atom is -0.321 e. The van der Waals surface area contributed by atoms with E-state index in [4.69, 9.17) is 0 Å². The number of carbonyl (C=O) groups is 2. The summed E-state index contributed by atoms with van der Waals surface area (Å²) in [5, 5.41) is 22.8. The summed E-state index contributed by atoms with van der Waals surface area (Å²) < 4.78 is 0. The molecule has 6 heteroatoms. The van der Waals surface area contributed by atoms with Crippen molar-refractivity contribution in [2.45, 2.75) is 0 Å². The van der Waals surface area contributed by atoms with Gasteiger partial charge in [0.05, 0.1) is 0 Å². The molecule has 2 N–H and O–H groups in total. The number of anilines is 2. The molecule has 0 unspecified atom stereocenters. The second-order valence-electron chi connectivity index (χ2n) is 19.3. The lowest BCUT2D eigenvalue weighted by Crippen LogP contribution is -2.23. The van der Waals surface area contributed by atoms with Gasteiger partial charge in [-0.05, 0) is 127 Å². The van der Waals surface area contributed by atoms with E-state index in [0.29, 0.717) is 22.5 Å². The molecule has 0 saturated carbocycles. The van der Waals surface area contributed by atoms with Crippen LogP contribution in [0.15, 0.2) is 291 Å². The highest BCUT2D eigenvalue weighted by atomic mass is 31.1. The number of benzene rings is 13. The van der Waals surface area contributed by atoms with Crippen LogP contribution in [0.5, 0.6) is 0 Å². The van der Waals surface area contributed by atoms with Crippen molar-refractivity contribution in [3.63, 3.8) is 0 Å². The first-order valence-electron chi connectivity index (χ1n) is 26.2. The van der Waals surface area contributed by atoms with Gasteiger partial charge in [0.1, 0.15) is 0 Å². The summed E-state index contributed by atoms with van der Waals surface area (Å²) >= 11 is 0. The molecule has 0 heterocycles. The third kappa shape index (κ3) is 9.22. The van der Waals surface area contributed by atoms with Gasteiger partial charge in [-0.2, -0.15) is 0 Å². The monoisotopic (exact) mass is 1040 g/mol. The lowest BCUT2D eigenvalue weighted by Gasteiger charge is -2.26. The Morgan fingerprint density at radius 1 is 0.244 bits per heavy atom. The van der Waals surface area contributed by atoms with Crippen LogP contribution in [-0.4, -0.2) is 11.8 Å². The molecule has 0 radical (unpaired) electrons. The van der Waals surface area contributed by atoms with Gasteiger partial charge in [-0.15, -0.1) is 0 Å². The minimum atomic E-state index is -1.03. The lowest BCUT2D eigenvalue weighted by atomic mass is 9.92. The van der Waals surface area contributed by atoms with Gasteiger partial charge < -0.3 is 10.6 Å². The third-order valence-corrected chi connectivity index (χ3v) is 19.6. The van der Waals surface area contributed by atoms with E-state index in [1.807, 2.05) is 12.1 Å². The highest BCUT2D eigenvalue weighted by Gasteiger charge is 2.28. The van der Waals surface area contributed by atoms with Crippen LogP contribution >= 0.6 is 15.8 Å². The summed E-state index contributed by atoms with van der Waals surface area (Å²) in [5.74, 6) is -0.551. The van der Waals surface area contributed by atoms with Gasteiger partial charge in [0.2, 0.25) is 0 Å². The van der Waals surface area contributed by atoms with Gasteiger partial charge in [-0.25, -0.2) is 0 Å². The zero-order chi connectivity index (χ0) is 52.4. The minimum absolute atomic E-state index is 0.276.